The van der Waals surface area contributed by atoms with E-state index in [-0.39, 0.29) is 18.0 Å². The second-order valence-electron chi connectivity index (χ2n) is 5.66. The molecule has 1 aromatic carbocycles. The van der Waals surface area contributed by atoms with Crippen molar-refractivity contribution in [1.29, 1.82) is 0 Å². The van der Waals surface area contributed by atoms with Crippen molar-refractivity contribution in [2.75, 3.05) is 0 Å². The molecule has 0 radical (unpaired) electrons. The van der Waals surface area contributed by atoms with Crippen LogP contribution in [0.3, 0.4) is 0 Å². The second kappa shape index (κ2) is 6.07. The molecule has 4 rings (SSSR count). The number of Topliss-reactive ketones (excluding diaryl/α,β-unsaturated/α-hetero) is 1. The van der Waals surface area contributed by atoms with Gasteiger partial charge in [-0.25, -0.2) is 4.98 Å². The highest BCUT2D eigenvalue weighted by Crippen LogP contribution is 2.43. The van der Waals surface area contributed by atoms with Gasteiger partial charge >= 0.3 is 6.61 Å². The number of carbonyl (C=O) groups is 1. The molecule has 25 heavy (non-hydrogen) atoms. The number of nitrogens with zero attached hydrogens (tertiary/aromatic N) is 2. The number of ketones is 1. The van der Waals surface area contributed by atoms with Crippen LogP contribution in [0.5, 0.6) is 5.75 Å². The summed E-state index contributed by atoms with van der Waals surface area (Å²) in [5.41, 5.74) is 2.07. The minimum absolute atomic E-state index is 0.00926. The normalized spacial score (nSPS) is 16.7. The van der Waals surface area contributed by atoms with E-state index in [1.807, 2.05) is 6.07 Å². The standard InChI is InChI=1S/C17H10BrClF2N2O2/c18-8-1-4-14-22-15-12(24)6-11(16(15)23(14)7-8)10-5-9(19)2-3-13(10)25-17(20)21/h1-5,7,11,17H,6H2/t11-/m0/s1. The molecule has 2 aromatic heterocycles. The van der Waals surface area contributed by atoms with Crippen LogP contribution in [0, 0.1) is 0 Å². The Kier molecular flexibility index (Phi) is 4.00. The van der Waals surface area contributed by atoms with Crippen LogP contribution in [-0.2, 0) is 0 Å². The fourth-order valence-corrected chi connectivity index (χ4v) is 3.72. The molecule has 0 N–H and O–H groups in total. The van der Waals surface area contributed by atoms with Crippen LogP contribution in [0.2, 0.25) is 5.02 Å². The first-order chi connectivity index (χ1) is 11.9. The quantitative estimate of drug-likeness (QED) is 0.586. The van der Waals surface area contributed by atoms with Gasteiger partial charge in [-0.2, -0.15) is 8.78 Å². The van der Waals surface area contributed by atoms with Crippen molar-refractivity contribution in [2.45, 2.75) is 19.0 Å². The molecule has 0 saturated heterocycles. The molecule has 0 fully saturated rings. The zero-order chi connectivity index (χ0) is 17.7. The number of benzene rings is 1. The maximum Gasteiger partial charge on any atom is 0.387 e. The zero-order valence-corrected chi connectivity index (χ0v) is 14.9. The molecule has 1 aliphatic rings. The Balaban J connectivity index is 1.93. The first-order valence-electron chi connectivity index (χ1n) is 7.39. The topological polar surface area (TPSA) is 43.6 Å². The summed E-state index contributed by atoms with van der Waals surface area (Å²) in [6.07, 6.45) is 1.93. The van der Waals surface area contributed by atoms with Gasteiger partial charge in [0.2, 0.25) is 0 Å². The van der Waals surface area contributed by atoms with Crippen LogP contribution < -0.4 is 4.74 Å². The van der Waals surface area contributed by atoms with Crippen LogP contribution >= 0.6 is 27.5 Å². The highest BCUT2D eigenvalue weighted by molar-refractivity contribution is 9.10. The highest BCUT2D eigenvalue weighted by atomic mass is 79.9. The summed E-state index contributed by atoms with van der Waals surface area (Å²) in [6.45, 7) is -2.96. The Hall–Kier alpha value is -1.99. The summed E-state index contributed by atoms with van der Waals surface area (Å²) in [5, 5.41) is 0.382. The molecule has 1 aliphatic carbocycles. The second-order valence-corrected chi connectivity index (χ2v) is 7.01. The molecule has 4 nitrogen and oxygen atoms in total. The Bertz CT molecular complexity index is 1010. The number of hydrogen-bond donors (Lipinski definition) is 0. The van der Waals surface area contributed by atoms with Crippen LogP contribution in [-0.4, -0.2) is 21.8 Å². The average molecular weight is 428 g/mol. The predicted molar refractivity (Wildman–Crippen MR) is 91.8 cm³/mol. The molecule has 0 aliphatic heterocycles. The third kappa shape index (κ3) is 2.81. The number of carbonyl (C=O) groups excluding carboxylic acids is 1. The maximum atomic E-state index is 12.8. The van der Waals surface area contributed by atoms with E-state index >= 15 is 0 Å². The minimum Gasteiger partial charge on any atom is -0.435 e. The van der Waals surface area contributed by atoms with E-state index in [1.54, 1.807) is 22.7 Å². The molecule has 3 aromatic rings. The van der Waals surface area contributed by atoms with Gasteiger partial charge in [0.05, 0.1) is 5.69 Å². The van der Waals surface area contributed by atoms with Gasteiger partial charge in [-0.05, 0) is 46.3 Å². The molecule has 0 amide bonds. The van der Waals surface area contributed by atoms with Gasteiger partial charge in [0.25, 0.3) is 0 Å². The average Bonchev–Trinajstić information content (AvgIpc) is 3.07. The van der Waals surface area contributed by atoms with E-state index in [2.05, 4.69) is 25.7 Å². The summed E-state index contributed by atoms with van der Waals surface area (Å²) in [7, 11) is 0. The maximum absolute atomic E-state index is 12.8. The lowest BCUT2D eigenvalue weighted by Gasteiger charge is -2.17. The Morgan fingerprint density at radius 2 is 2.12 bits per heavy atom. The predicted octanol–water partition coefficient (Wildman–Crippen LogP) is 5.07. The van der Waals surface area contributed by atoms with Crippen LogP contribution in [0.4, 0.5) is 8.78 Å². The van der Waals surface area contributed by atoms with Gasteiger partial charge in [-0.3, -0.25) is 4.79 Å². The van der Waals surface area contributed by atoms with E-state index in [9.17, 15) is 13.6 Å². The summed E-state index contributed by atoms with van der Waals surface area (Å²) < 4.78 is 32.8. The first-order valence-corrected chi connectivity index (χ1v) is 8.56. The highest BCUT2D eigenvalue weighted by Gasteiger charge is 2.37. The Labute approximate surface area is 154 Å². The number of pyridine rings is 1. The molecule has 0 saturated carbocycles. The van der Waals surface area contributed by atoms with Crippen LogP contribution in [0.1, 0.15) is 34.1 Å². The lowest BCUT2D eigenvalue weighted by atomic mass is 9.95. The number of halogens is 4. The lowest BCUT2D eigenvalue weighted by Crippen LogP contribution is -2.08. The number of imidazole rings is 1. The van der Waals surface area contributed by atoms with Gasteiger partial charge in [-0.1, -0.05) is 11.6 Å². The van der Waals surface area contributed by atoms with Gasteiger partial charge < -0.3 is 9.14 Å². The molecular weight excluding hydrogens is 418 g/mol. The van der Waals surface area contributed by atoms with Crippen LogP contribution in [0.25, 0.3) is 5.65 Å². The van der Waals surface area contributed by atoms with Gasteiger partial charge in [-0.15, -0.1) is 0 Å². The fraction of sp³-hybridized carbons (Fsp3) is 0.176. The number of fused-ring (bicyclic) bond motifs is 3. The monoisotopic (exact) mass is 426 g/mol. The molecule has 0 spiro atoms. The first kappa shape index (κ1) is 16.5. The SMILES string of the molecule is O=C1C[C@@H](c2cc(Cl)ccc2OC(F)F)c2c1nc1ccc(Br)cn21. The molecular formula is C17H10BrClF2N2O2. The van der Waals surface area contributed by atoms with Crippen molar-refractivity contribution in [3.8, 4) is 5.75 Å². The molecule has 0 bridgehead atoms. The Morgan fingerprint density at radius 1 is 1.32 bits per heavy atom. The van der Waals surface area contributed by atoms with E-state index < -0.39 is 12.5 Å². The van der Waals surface area contributed by atoms with Crippen LogP contribution in [0.15, 0.2) is 41.0 Å². The smallest absolute Gasteiger partial charge is 0.387 e. The van der Waals surface area contributed by atoms with Crippen molar-refractivity contribution in [3.05, 3.63) is 63.0 Å². The van der Waals surface area contributed by atoms with Crippen molar-refractivity contribution >= 4 is 39.0 Å². The third-order valence-corrected chi connectivity index (χ3v) is 4.87. The lowest BCUT2D eigenvalue weighted by molar-refractivity contribution is -0.0505. The molecule has 0 unspecified atom stereocenters. The number of rotatable bonds is 3. The Morgan fingerprint density at radius 3 is 2.88 bits per heavy atom. The summed E-state index contributed by atoms with van der Waals surface area (Å²) in [4.78, 5) is 16.8. The van der Waals surface area contributed by atoms with Crippen molar-refractivity contribution in [3.63, 3.8) is 0 Å². The van der Waals surface area contributed by atoms with E-state index in [0.29, 0.717) is 27.6 Å². The number of hydrogen-bond acceptors (Lipinski definition) is 3. The number of aromatic nitrogens is 2. The summed E-state index contributed by atoms with van der Waals surface area (Å²) in [5.74, 6) is -0.586. The summed E-state index contributed by atoms with van der Waals surface area (Å²) in [6, 6.07) is 8.03. The van der Waals surface area contributed by atoms with Gasteiger partial charge in [0, 0.05) is 33.6 Å². The molecule has 8 heteroatoms. The summed E-state index contributed by atoms with van der Waals surface area (Å²) >= 11 is 9.45. The van der Waals surface area contributed by atoms with Crippen molar-refractivity contribution < 1.29 is 18.3 Å². The van der Waals surface area contributed by atoms with Gasteiger partial charge in [0.1, 0.15) is 17.1 Å². The molecule has 128 valence electrons. The van der Waals surface area contributed by atoms with E-state index in [1.165, 1.54) is 12.1 Å². The van der Waals surface area contributed by atoms with E-state index in [4.69, 9.17) is 11.6 Å². The van der Waals surface area contributed by atoms with Crippen molar-refractivity contribution in [2.24, 2.45) is 0 Å². The minimum atomic E-state index is -2.96. The number of alkyl halides is 2. The van der Waals surface area contributed by atoms with Crippen molar-refractivity contribution in [1.82, 2.24) is 9.38 Å². The fourth-order valence-electron chi connectivity index (χ4n) is 3.21. The largest absolute Gasteiger partial charge is 0.435 e. The third-order valence-electron chi connectivity index (χ3n) is 4.17. The van der Waals surface area contributed by atoms with E-state index in [0.717, 1.165) is 4.47 Å². The molecule has 2 heterocycles. The van der Waals surface area contributed by atoms with Gasteiger partial charge in [0.15, 0.2) is 5.78 Å². The zero-order valence-electron chi connectivity index (χ0n) is 12.5. The number of ether oxygens (including phenoxy) is 1. The molecule has 1 atom stereocenters.